The lowest BCUT2D eigenvalue weighted by atomic mass is 10.5. The Morgan fingerprint density at radius 3 is 2.50 bits per heavy atom. The van der Waals surface area contributed by atoms with E-state index >= 15 is 0 Å². The first-order valence-electron chi connectivity index (χ1n) is 3.09. The predicted molar refractivity (Wildman–Crippen MR) is 38.9 cm³/mol. The predicted octanol–water partition coefficient (Wildman–Crippen LogP) is -0.431. The molecule has 0 fully saturated rings. The second kappa shape index (κ2) is 2.56. The third-order valence-electron chi connectivity index (χ3n) is 1.26. The maximum absolute atomic E-state index is 10.6. The van der Waals surface area contributed by atoms with Crippen molar-refractivity contribution in [3.63, 3.8) is 0 Å². The number of aromatic amines is 1. The minimum Gasteiger partial charge on any atom is -0.408 e. The lowest BCUT2D eigenvalue weighted by Gasteiger charge is -1.69. The second-order valence-electron chi connectivity index (χ2n) is 1.87. The fourth-order valence-corrected chi connectivity index (χ4v) is 0.781. The molecule has 1 heterocycles. The monoisotopic (exact) mass is 139 g/mol. The molecule has 3 nitrogen and oxygen atoms in total. The molecule has 0 aliphatic carbocycles. The molecule has 0 aliphatic heterocycles. The lowest BCUT2D eigenvalue weighted by molar-refractivity contribution is 0.485. The van der Waals surface area contributed by atoms with E-state index < -0.39 is 5.76 Å². The van der Waals surface area contributed by atoms with Gasteiger partial charge in [-0.25, -0.2) is 4.79 Å². The topological polar surface area (TPSA) is 46.0 Å². The molecule has 0 atom stereocenters. The van der Waals surface area contributed by atoms with Gasteiger partial charge in [-0.3, -0.25) is 4.98 Å². The van der Waals surface area contributed by atoms with Crippen LogP contribution in [0.1, 0.15) is 13.8 Å². The molecule has 0 amide bonds. The van der Waals surface area contributed by atoms with Crippen molar-refractivity contribution >= 4 is 12.2 Å². The van der Waals surface area contributed by atoms with Crippen molar-refractivity contribution in [3.8, 4) is 0 Å². The molecule has 10 heavy (non-hydrogen) atoms. The van der Waals surface area contributed by atoms with E-state index in [4.69, 9.17) is 4.42 Å². The van der Waals surface area contributed by atoms with Gasteiger partial charge in [-0.2, -0.15) is 0 Å². The highest BCUT2D eigenvalue weighted by Gasteiger charge is 1.88. The average Bonchev–Trinajstić information content (AvgIpc) is 2.30. The summed E-state index contributed by atoms with van der Waals surface area (Å²) in [6, 6.07) is 0. The zero-order valence-electron chi connectivity index (χ0n) is 5.97. The molecule has 1 aromatic rings. The minimum absolute atomic E-state index is 0.402. The molecule has 54 valence electrons. The van der Waals surface area contributed by atoms with Crippen LogP contribution in [0.25, 0.3) is 12.2 Å². The van der Waals surface area contributed by atoms with Crippen molar-refractivity contribution in [3.05, 3.63) is 21.3 Å². The van der Waals surface area contributed by atoms with Crippen molar-refractivity contribution < 1.29 is 4.42 Å². The number of hydrogen-bond donors (Lipinski definition) is 1. The molecular weight excluding hydrogens is 130 g/mol. The number of H-pyrrole nitrogens is 1. The van der Waals surface area contributed by atoms with Crippen LogP contribution in [-0.4, -0.2) is 4.98 Å². The molecule has 0 aromatic carbocycles. The number of hydrogen-bond acceptors (Lipinski definition) is 2. The summed E-state index contributed by atoms with van der Waals surface area (Å²) in [5.74, 6) is -0.402. The van der Waals surface area contributed by atoms with E-state index in [1.165, 1.54) is 0 Å². The van der Waals surface area contributed by atoms with Gasteiger partial charge in [-0.15, -0.1) is 0 Å². The molecular formula is C7H9NO2. The van der Waals surface area contributed by atoms with Crippen molar-refractivity contribution in [1.82, 2.24) is 4.98 Å². The average molecular weight is 139 g/mol. The summed E-state index contributed by atoms with van der Waals surface area (Å²) in [5.41, 5.74) is 0.604. The summed E-state index contributed by atoms with van der Waals surface area (Å²) in [6.07, 6.45) is 3.54. The van der Waals surface area contributed by atoms with Crippen molar-refractivity contribution in [2.75, 3.05) is 0 Å². The number of aromatic nitrogens is 1. The Hall–Kier alpha value is -1.25. The largest absolute Gasteiger partial charge is 0.417 e. The Morgan fingerprint density at radius 1 is 1.40 bits per heavy atom. The van der Waals surface area contributed by atoms with Gasteiger partial charge in [0.1, 0.15) is 0 Å². The van der Waals surface area contributed by atoms with Crippen LogP contribution in [0.2, 0.25) is 0 Å². The molecule has 0 aliphatic rings. The third-order valence-corrected chi connectivity index (χ3v) is 1.26. The van der Waals surface area contributed by atoms with E-state index in [1.807, 2.05) is 13.8 Å². The molecule has 0 unspecified atom stereocenters. The summed E-state index contributed by atoms with van der Waals surface area (Å²) in [5, 5.41) is 0.743. The maximum atomic E-state index is 10.6. The van der Waals surface area contributed by atoms with Gasteiger partial charge in [0.2, 0.25) is 0 Å². The minimum atomic E-state index is -0.402. The first-order chi connectivity index (χ1) is 4.77. The van der Waals surface area contributed by atoms with E-state index in [1.54, 1.807) is 12.2 Å². The van der Waals surface area contributed by atoms with Crippen molar-refractivity contribution in [2.24, 2.45) is 0 Å². The van der Waals surface area contributed by atoms with Crippen LogP contribution in [0.4, 0.5) is 0 Å². The summed E-state index contributed by atoms with van der Waals surface area (Å²) in [4.78, 5) is 13.1. The fourth-order valence-electron chi connectivity index (χ4n) is 0.781. The van der Waals surface area contributed by atoms with Crippen LogP contribution in [0.3, 0.4) is 0 Å². The van der Waals surface area contributed by atoms with Gasteiger partial charge < -0.3 is 4.42 Å². The molecule has 3 heteroatoms. The van der Waals surface area contributed by atoms with Gasteiger partial charge in [0.25, 0.3) is 0 Å². The Bertz CT molecular complexity index is 335. The first kappa shape index (κ1) is 6.86. The quantitative estimate of drug-likeness (QED) is 0.530. The normalized spacial score (nSPS) is 14.6. The van der Waals surface area contributed by atoms with E-state index in [0.29, 0.717) is 5.42 Å². The zero-order chi connectivity index (χ0) is 7.56. The number of nitrogens with one attached hydrogen (secondary N) is 1. The van der Waals surface area contributed by atoms with Gasteiger partial charge in [-0.05, 0) is 19.9 Å². The molecule has 0 bridgehead atoms. The van der Waals surface area contributed by atoms with E-state index in [-0.39, 0.29) is 0 Å². The Morgan fingerprint density at radius 2 is 2.10 bits per heavy atom. The van der Waals surface area contributed by atoms with E-state index in [9.17, 15) is 4.79 Å². The third kappa shape index (κ3) is 1.03. The molecule has 1 aromatic heterocycles. The standard InChI is InChI=1S/C7H9NO2/c1-3-5-6(4-2)10-7(9)8-5/h3-4H,1-2H3,(H,8,9)/b5-3-,6-4-. The van der Waals surface area contributed by atoms with Gasteiger partial charge >= 0.3 is 5.76 Å². The highest BCUT2D eigenvalue weighted by atomic mass is 16.4. The number of oxazole rings is 1. The van der Waals surface area contributed by atoms with Crippen LogP contribution in [-0.2, 0) is 0 Å². The molecule has 1 rings (SSSR count). The van der Waals surface area contributed by atoms with Crippen LogP contribution >= 0.6 is 0 Å². The zero-order valence-corrected chi connectivity index (χ0v) is 5.97. The van der Waals surface area contributed by atoms with Crippen LogP contribution in [0.5, 0.6) is 0 Å². The summed E-state index contributed by atoms with van der Waals surface area (Å²) >= 11 is 0. The van der Waals surface area contributed by atoms with Gasteiger partial charge in [0.05, 0.1) is 5.35 Å². The highest BCUT2D eigenvalue weighted by Crippen LogP contribution is 1.56. The summed E-state index contributed by atoms with van der Waals surface area (Å²) in [7, 11) is 0. The van der Waals surface area contributed by atoms with Crippen LogP contribution < -0.4 is 16.5 Å². The van der Waals surface area contributed by atoms with Crippen LogP contribution in [0, 0.1) is 0 Å². The van der Waals surface area contributed by atoms with Crippen molar-refractivity contribution in [2.45, 2.75) is 13.8 Å². The second-order valence-corrected chi connectivity index (χ2v) is 1.87. The van der Waals surface area contributed by atoms with Crippen molar-refractivity contribution in [1.29, 1.82) is 0 Å². The molecule has 0 radical (unpaired) electrons. The molecule has 0 saturated heterocycles. The summed E-state index contributed by atoms with van der Waals surface area (Å²) < 4.78 is 4.76. The first-order valence-corrected chi connectivity index (χ1v) is 3.09. The van der Waals surface area contributed by atoms with E-state index in [0.717, 1.165) is 5.35 Å². The fraction of sp³-hybridized carbons (Fsp3) is 0.286. The Kier molecular flexibility index (Phi) is 1.76. The lowest BCUT2D eigenvalue weighted by Crippen LogP contribution is -2.21. The molecule has 0 saturated carbocycles. The van der Waals surface area contributed by atoms with Crippen LogP contribution in [0.15, 0.2) is 9.21 Å². The Labute approximate surface area is 57.7 Å². The van der Waals surface area contributed by atoms with E-state index in [2.05, 4.69) is 4.98 Å². The maximum Gasteiger partial charge on any atom is 0.417 e. The van der Waals surface area contributed by atoms with Gasteiger partial charge in [-0.1, -0.05) is 6.08 Å². The van der Waals surface area contributed by atoms with Gasteiger partial charge in [0.15, 0.2) is 5.42 Å². The smallest absolute Gasteiger partial charge is 0.408 e. The Balaban J connectivity index is 3.69. The molecule has 0 spiro atoms. The number of rotatable bonds is 0. The highest BCUT2D eigenvalue weighted by molar-refractivity contribution is 5.19. The van der Waals surface area contributed by atoms with Gasteiger partial charge in [0, 0.05) is 0 Å². The SMILES string of the molecule is C/C=c1\[nH]c(=O)o\c1=C/C. The molecule has 1 N–H and O–H groups in total. The summed E-state index contributed by atoms with van der Waals surface area (Å²) in [6.45, 7) is 3.66.